The lowest BCUT2D eigenvalue weighted by molar-refractivity contribution is 0.293. The van der Waals surface area contributed by atoms with Gasteiger partial charge in [0.1, 0.15) is 0 Å². The molecule has 1 atom stereocenters. The normalized spacial score (nSPS) is 14.7. The molecule has 0 amide bonds. The third-order valence-electron chi connectivity index (χ3n) is 3.16. The van der Waals surface area contributed by atoms with Crippen LogP contribution in [0.5, 0.6) is 0 Å². The van der Waals surface area contributed by atoms with Gasteiger partial charge in [-0.3, -0.25) is 4.57 Å². The highest BCUT2D eigenvalue weighted by molar-refractivity contribution is 7.52. The number of hydrogen-bond acceptors (Lipinski definition) is 2. The third-order valence-corrected chi connectivity index (χ3v) is 4.66. The van der Waals surface area contributed by atoms with Crippen LogP contribution in [0, 0.1) is 16.7 Å². The van der Waals surface area contributed by atoms with E-state index in [-0.39, 0.29) is 6.42 Å². The minimum Gasteiger partial charge on any atom is -0.324 e. The summed E-state index contributed by atoms with van der Waals surface area (Å²) in [6.07, 6.45) is 1.97. The fourth-order valence-corrected chi connectivity index (χ4v) is 2.76. The molecule has 0 fully saturated rings. The first kappa shape index (κ1) is 14.6. The lowest BCUT2D eigenvalue weighted by Gasteiger charge is -2.28. The average Bonchev–Trinajstić information content (AvgIpc) is 2.19. The number of nitrogens with zero attached hydrogens (tertiary/aromatic N) is 1. The highest BCUT2D eigenvalue weighted by Gasteiger charge is 2.36. The summed E-state index contributed by atoms with van der Waals surface area (Å²) in [6.45, 7) is 5.52. The predicted molar refractivity (Wildman–Crippen MR) is 59.4 cm³/mol. The summed E-state index contributed by atoms with van der Waals surface area (Å²) in [7, 11) is -4.06. The van der Waals surface area contributed by atoms with Crippen molar-refractivity contribution in [3.8, 4) is 6.07 Å². The third kappa shape index (κ3) is 3.95. The van der Waals surface area contributed by atoms with Crippen molar-refractivity contribution in [2.45, 2.75) is 52.1 Å². The van der Waals surface area contributed by atoms with Gasteiger partial charge in [-0.25, -0.2) is 0 Å². The van der Waals surface area contributed by atoms with Crippen molar-refractivity contribution in [1.29, 1.82) is 5.26 Å². The van der Waals surface area contributed by atoms with Gasteiger partial charge in [-0.2, -0.15) is 5.26 Å². The number of nitriles is 1. The molecule has 15 heavy (non-hydrogen) atoms. The molecule has 4 nitrogen and oxygen atoms in total. The molecule has 0 aromatic rings. The highest BCUT2D eigenvalue weighted by Crippen LogP contribution is 2.49. The first-order chi connectivity index (χ1) is 6.85. The van der Waals surface area contributed by atoms with E-state index in [2.05, 4.69) is 6.07 Å². The summed E-state index contributed by atoms with van der Waals surface area (Å²) in [5.41, 5.74) is -1.26. The van der Waals surface area contributed by atoms with Crippen molar-refractivity contribution >= 4 is 7.60 Å². The van der Waals surface area contributed by atoms with E-state index in [1.807, 2.05) is 13.8 Å². The standard InChI is InChI=1S/C10H20NO3P/c1-4-9(15(12,13)14)7-10(5-2,6-3)8-11/h9H,4-7H2,1-3H3,(H2,12,13,14). The van der Waals surface area contributed by atoms with Crippen LogP contribution in [0.25, 0.3) is 0 Å². The van der Waals surface area contributed by atoms with E-state index in [0.29, 0.717) is 19.3 Å². The zero-order chi connectivity index (χ0) is 12.1. The van der Waals surface area contributed by atoms with Crippen molar-refractivity contribution in [3.63, 3.8) is 0 Å². The summed E-state index contributed by atoms with van der Waals surface area (Å²) in [5.74, 6) is 0. The van der Waals surface area contributed by atoms with Crippen LogP contribution >= 0.6 is 7.60 Å². The second kappa shape index (κ2) is 5.65. The van der Waals surface area contributed by atoms with Gasteiger partial charge < -0.3 is 9.79 Å². The average molecular weight is 233 g/mol. The van der Waals surface area contributed by atoms with E-state index in [9.17, 15) is 4.57 Å². The van der Waals surface area contributed by atoms with Crippen molar-refractivity contribution in [3.05, 3.63) is 0 Å². The van der Waals surface area contributed by atoms with Crippen LogP contribution < -0.4 is 0 Å². The molecule has 5 heteroatoms. The molecule has 0 aliphatic carbocycles. The van der Waals surface area contributed by atoms with E-state index in [1.54, 1.807) is 6.92 Å². The van der Waals surface area contributed by atoms with E-state index in [0.717, 1.165) is 0 Å². The Labute approximate surface area is 91.5 Å². The molecule has 0 rings (SSSR count). The summed E-state index contributed by atoms with van der Waals surface area (Å²) >= 11 is 0. The predicted octanol–water partition coefficient (Wildman–Crippen LogP) is 2.66. The minimum absolute atomic E-state index is 0.289. The number of rotatable bonds is 6. The van der Waals surface area contributed by atoms with Gasteiger partial charge in [0, 0.05) is 0 Å². The van der Waals surface area contributed by atoms with Gasteiger partial charge >= 0.3 is 7.60 Å². The lowest BCUT2D eigenvalue weighted by Crippen LogP contribution is -2.24. The fourth-order valence-electron chi connectivity index (χ4n) is 1.69. The Morgan fingerprint density at radius 3 is 2.00 bits per heavy atom. The van der Waals surface area contributed by atoms with Gasteiger partial charge in [-0.15, -0.1) is 0 Å². The fraction of sp³-hybridized carbons (Fsp3) is 0.900. The summed E-state index contributed by atoms with van der Waals surface area (Å²) in [4.78, 5) is 18.3. The van der Waals surface area contributed by atoms with Crippen molar-refractivity contribution < 1.29 is 14.4 Å². The van der Waals surface area contributed by atoms with E-state index in [4.69, 9.17) is 15.0 Å². The molecule has 0 spiro atoms. The van der Waals surface area contributed by atoms with Crippen LogP contribution in [-0.4, -0.2) is 15.4 Å². The van der Waals surface area contributed by atoms with Crippen LogP contribution in [0.3, 0.4) is 0 Å². The quantitative estimate of drug-likeness (QED) is 0.691. The molecule has 2 N–H and O–H groups in total. The summed E-state index contributed by atoms with van der Waals surface area (Å²) < 4.78 is 11.2. The molecule has 1 unspecified atom stereocenters. The molecule has 0 aliphatic rings. The second-order valence-corrected chi connectivity index (χ2v) is 5.86. The lowest BCUT2D eigenvalue weighted by atomic mass is 9.79. The Morgan fingerprint density at radius 2 is 1.80 bits per heavy atom. The summed E-state index contributed by atoms with van der Waals surface area (Å²) in [6, 6.07) is 2.21. The Morgan fingerprint density at radius 1 is 1.33 bits per heavy atom. The first-order valence-corrected chi connectivity index (χ1v) is 6.99. The summed E-state index contributed by atoms with van der Waals surface area (Å²) in [5, 5.41) is 9.08. The van der Waals surface area contributed by atoms with Gasteiger partial charge in [0.25, 0.3) is 0 Å². The minimum atomic E-state index is -4.06. The van der Waals surface area contributed by atoms with Gasteiger partial charge in [-0.05, 0) is 25.7 Å². The molecular weight excluding hydrogens is 213 g/mol. The molecule has 0 aliphatic heterocycles. The Bertz CT molecular complexity index is 275. The van der Waals surface area contributed by atoms with E-state index in [1.165, 1.54) is 0 Å². The Hall–Kier alpha value is -0.360. The zero-order valence-corrected chi connectivity index (χ0v) is 10.5. The van der Waals surface area contributed by atoms with Crippen molar-refractivity contribution in [1.82, 2.24) is 0 Å². The molecule has 0 bridgehead atoms. The smallest absolute Gasteiger partial charge is 0.324 e. The van der Waals surface area contributed by atoms with Crippen molar-refractivity contribution in [2.24, 2.45) is 5.41 Å². The maximum Gasteiger partial charge on any atom is 0.328 e. The van der Waals surface area contributed by atoms with Crippen LogP contribution in [0.15, 0.2) is 0 Å². The highest BCUT2D eigenvalue weighted by atomic mass is 31.2. The molecule has 0 heterocycles. The molecule has 0 aromatic carbocycles. The number of hydrogen-bond donors (Lipinski definition) is 2. The monoisotopic (exact) mass is 233 g/mol. The largest absolute Gasteiger partial charge is 0.328 e. The maximum absolute atomic E-state index is 11.2. The van der Waals surface area contributed by atoms with Gasteiger partial charge in [-0.1, -0.05) is 20.8 Å². The van der Waals surface area contributed by atoms with Crippen LogP contribution in [0.4, 0.5) is 0 Å². The van der Waals surface area contributed by atoms with Crippen LogP contribution in [0.2, 0.25) is 0 Å². The zero-order valence-electron chi connectivity index (χ0n) is 9.60. The second-order valence-electron chi connectivity index (χ2n) is 3.95. The Balaban J connectivity index is 4.81. The van der Waals surface area contributed by atoms with Gasteiger partial charge in [0.15, 0.2) is 0 Å². The molecule has 0 aromatic heterocycles. The van der Waals surface area contributed by atoms with Gasteiger partial charge in [0.05, 0.1) is 17.1 Å². The molecule has 0 saturated carbocycles. The van der Waals surface area contributed by atoms with Crippen molar-refractivity contribution in [2.75, 3.05) is 0 Å². The molecule has 0 saturated heterocycles. The van der Waals surface area contributed by atoms with Crippen LogP contribution in [-0.2, 0) is 4.57 Å². The molecule has 88 valence electrons. The molecular formula is C10H20NO3P. The van der Waals surface area contributed by atoms with E-state index < -0.39 is 18.7 Å². The van der Waals surface area contributed by atoms with E-state index >= 15 is 0 Å². The molecule has 0 radical (unpaired) electrons. The first-order valence-electron chi connectivity index (χ1n) is 5.31. The Kier molecular flexibility index (Phi) is 5.51. The topological polar surface area (TPSA) is 81.3 Å². The maximum atomic E-state index is 11.2. The van der Waals surface area contributed by atoms with Gasteiger partial charge in [0.2, 0.25) is 0 Å². The SMILES string of the molecule is CCC(CC(C#N)(CC)CC)P(=O)(O)O. The van der Waals surface area contributed by atoms with Crippen LogP contribution in [0.1, 0.15) is 46.5 Å².